The molecule has 2 N–H and O–H groups in total. The van der Waals surface area contributed by atoms with Crippen LogP contribution in [0.25, 0.3) is 0 Å². The minimum atomic E-state index is -3.74. The van der Waals surface area contributed by atoms with Gasteiger partial charge in [-0.1, -0.05) is 6.92 Å². The summed E-state index contributed by atoms with van der Waals surface area (Å²) in [5.74, 6) is -0.507. The van der Waals surface area contributed by atoms with Crippen LogP contribution in [0.15, 0.2) is 17.0 Å². The molecule has 0 bridgehead atoms. The minimum Gasteiger partial charge on any atom is -0.316 e. The van der Waals surface area contributed by atoms with E-state index in [0.29, 0.717) is 18.5 Å². The predicted molar refractivity (Wildman–Crippen MR) is 78.6 cm³/mol. The van der Waals surface area contributed by atoms with Gasteiger partial charge in [0.15, 0.2) is 0 Å². The van der Waals surface area contributed by atoms with Crippen molar-refractivity contribution in [1.29, 1.82) is 0 Å². The third-order valence-electron chi connectivity index (χ3n) is 3.32. The fourth-order valence-electron chi connectivity index (χ4n) is 1.78. The fourth-order valence-corrected chi connectivity index (χ4v) is 3.57. The summed E-state index contributed by atoms with van der Waals surface area (Å²) in [4.78, 5) is 0.00396. The monoisotopic (exact) mass is 302 g/mol. The summed E-state index contributed by atoms with van der Waals surface area (Å²) < 4.78 is 41.4. The molecule has 0 aliphatic carbocycles. The van der Waals surface area contributed by atoms with Crippen LogP contribution in [0.5, 0.6) is 0 Å². The van der Waals surface area contributed by atoms with Crippen LogP contribution >= 0.6 is 0 Å². The third kappa shape index (κ3) is 4.01. The molecule has 114 valence electrons. The lowest BCUT2D eigenvalue weighted by Gasteiger charge is -2.25. The van der Waals surface area contributed by atoms with Crippen LogP contribution in [0, 0.1) is 12.7 Å². The maximum absolute atomic E-state index is 13.9. The summed E-state index contributed by atoms with van der Waals surface area (Å²) in [5.41, 5.74) is 0.176. The first-order valence-corrected chi connectivity index (χ1v) is 8.09. The van der Waals surface area contributed by atoms with Crippen molar-refractivity contribution >= 4 is 10.0 Å². The molecule has 0 aliphatic rings. The summed E-state index contributed by atoms with van der Waals surface area (Å²) in [7, 11) is -2.02. The van der Waals surface area contributed by atoms with E-state index < -0.39 is 21.4 Å². The molecule has 0 aliphatic heterocycles. The Morgan fingerprint density at radius 1 is 1.30 bits per heavy atom. The zero-order valence-corrected chi connectivity index (χ0v) is 13.5. The number of sulfonamides is 1. The van der Waals surface area contributed by atoms with Crippen molar-refractivity contribution in [2.45, 2.75) is 51.1 Å². The van der Waals surface area contributed by atoms with Gasteiger partial charge in [0.2, 0.25) is 10.0 Å². The molecule has 0 saturated carbocycles. The van der Waals surface area contributed by atoms with Gasteiger partial charge in [0, 0.05) is 17.6 Å². The van der Waals surface area contributed by atoms with Crippen molar-refractivity contribution in [3.8, 4) is 0 Å². The summed E-state index contributed by atoms with van der Waals surface area (Å²) in [6.45, 7) is 7.39. The van der Waals surface area contributed by atoms with E-state index in [1.54, 1.807) is 20.9 Å². The number of rotatable bonds is 6. The number of halogens is 1. The SMILES string of the molecule is CCC(C)(C)NS(=O)(=O)c1cc(CNC)cc(F)c1C. The van der Waals surface area contributed by atoms with Crippen LogP contribution in [0.4, 0.5) is 4.39 Å². The van der Waals surface area contributed by atoms with E-state index in [1.807, 2.05) is 6.92 Å². The van der Waals surface area contributed by atoms with Crippen molar-refractivity contribution in [2.24, 2.45) is 0 Å². The average Bonchev–Trinajstić information content (AvgIpc) is 2.32. The van der Waals surface area contributed by atoms with E-state index in [0.717, 1.165) is 0 Å². The van der Waals surface area contributed by atoms with Crippen molar-refractivity contribution in [3.63, 3.8) is 0 Å². The van der Waals surface area contributed by atoms with Crippen molar-refractivity contribution in [2.75, 3.05) is 7.05 Å². The highest BCUT2D eigenvalue weighted by Gasteiger charge is 2.27. The summed E-state index contributed by atoms with van der Waals surface area (Å²) >= 11 is 0. The molecule has 1 aromatic rings. The Balaban J connectivity index is 3.30. The number of hydrogen-bond acceptors (Lipinski definition) is 3. The van der Waals surface area contributed by atoms with Gasteiger partial charge in [-0.25, -0.2) is 17.5 Å². The molecule has 4 nitrogen and oxygen atoms in total. The molecular formula is C14H23FN2O2S. The topological polar surface area (TPSA) is 58.2 Å². The smallest absolute Gasteiger partial charge is 0.241 e. The average molecular weight is 302 g/mol. The van der Waals surface area contributed by atoms with Gasteiger partial charge in [0.05, 0.1) is 4.90 Å². The van der Waals surface area contributed by atoms with Gasteiger partial charge in [-0.15, -0.1) is 0 Å². The second-order valence-electron chi connectivity index (χ2n) is 5.57. The predicted octanol–water partition coefficient (Wildman–Crippen LogP) is 2.32. The molecule has 1 rings (SSSR count). The van der Waals surface area contributed by atoms with Gasteiger partial charge in [0.1, 0.15) is 5.82 Å². The van der Waals surface area contributed by atoms with Crippen molar-refractivity contribution < 1.29 is 12.8 Å². The highest BCUT2D eigenvalue weighted by atomic mass is 32.2. The first-order chi connectivity index (χ1) is 9.13. The zero-order valence-electron chi connectivity index (χ0n) is 12.7. The summed E-state index contributed by atoms with van der Waals surface area (Å²) in [6.07, 6.45) is 0.643. The van der Waals surface area contributed by atoms with Gasteiger partial charge in [-0.2, -0.15) is 0 Å². The quantitative estimate of drug-likeness (QED) is 0.848. The Hall–Kier alpha value is -0.980. The van der Waals surface area contributed by atoms with Crippen LogP contribution in [-0.2, 0) is 16.6 Å². The third-order valence-corrected chi connectivity index (χ3v) is 5.15. The molecule has 0 amide bonds. The molecule has 1 aromatic carbocycles. The van der Waals surface area contributed by atoms with Gasteiger partial charge in [-0.3, -0.25) is 0 Å². The lowest BCUT2D eigenvalue weighted by atomic mass is 10.0. The number of nitrogens with one attached hydrogen (secondary N) is 2. The number of hydrogen-bond donors (Lipinski definition) is 2. The summed E-state index contributed by atoms with van der Waals surface area (Å²) in [6, 6.07) is 2.87. The van der Waals surface area contributed by atoms with Crippen LogP contribution in [0.2, 0.25) is 0 Å². The molecule has 0 fully saturated rings. The van der Waals surface area contributed by atoms with Gasteiger partial charge in [0.25, 0.3) is 0 Å². The highest BCUT2D eigenvalue weighted by molar-refractivity contribution is 7.89. The molecule has 0 heterocycles. The van der Waals surface area contributed by atoms with E-state index in [9.17, 15) is 12.8 Å². The van der Waals surface area contributed by atoms with Crippen LogP contribution in [-0.4, -0.2) is 21.0 Å². The standard InChI is InChI=1S/C14H23FN2O2S/c1-6-14(3,4)17-20(18,19)13-8-11(9-16-5)7-12(15)10(13)2/h7-8,16-17H,6,9H2,1-5H3. The maximum Gasteiger partial charge on any atom is 0.241 e. The van der Waals surface area contributed by atoms with Crippen molar-refractivity contribution in [3.05, 3.63) is 29.1 Å². The molecule has 6 heteroatoms. The second kappa shape index (κ2) is 6.20. The Labute approximate surface area is 120 Å². The maximum atomic E-state index is 13.9. The minimum absolute atomic E-state index is 0.00396. The molecular weight excluding hydrogens is 279 g/mol. The molecule has 0 spiro atoms. The zero-order chi connectivity index (χ0) is 15.6. The van der Waals surface area contributed by atoms with Gasteiger partial charge in [-0.05, 0) is 51.9 Å². The van der Waals surface area contributed by atoms with Gasteiger partial charge >= 0.3 is 0 Å². The van der Waals surface area contributed by atoms with E-state index >= 15 is 0 Å². The van der Waals surface area contributed by atoms with Crippen LogP contribution in [0.3, 0.4) is 0 Å². The highest BCUT2D eigenvalue weighted by Crippen LogP contribution is 2.22. The molecule has 0 unspecified atom stereocenters. The number of benzene rings is 1. The van der Waals surface area contributed by atoms with Crippen LogP contribution < -0.4 is 10.0 Å². The largest absolute Gasteiger partial charge is 0.316 e. The van der Waals surface area contributed by atoms with E-state index in [-0.39, 0.29) is 10.5 Å². The first-order valence-electron chi connectivity index (χ1n) is 6.60. The normalized spacial score (nSPS) is 12.7. The van der Waals surface area contributed by atoms with E-state index in [2.05, 4.69) is 10.0 Å². The lowest BCUT2D eigenvalue weighted by Crippen LogP contribution is -2.43. The van der Waals surface area contributed by atoms with Crippen LogP contribution in [0.1, 0.15) is 38.3 Å². The Morgan fingerprint density at radius 3 is 2.40 bits per heavy atom. The van der Waals surface area contributed by atoms with E-state index in [4.69, 9.17) is 0 Å². The Bertz CT molecular complexity index is 583. The van der Waals surface area contributed by atoms with Crippen molar-refractivity contribution in [1.82, 2.24) is 10.0 Å². The fraction of sp³-hybridized carbons (Fsp3) is 0.571. The van der Waals surface area contributed by atoms with E-state index in [1.165, 1.54) is 19.1 Å². The lowest BCUT2D eigenvalue weighted by molar-refractivity contribution is 0.439. The molecule has 0 radical (unpaired) electrons. The molecule has 20 heavy (non-hydrogen) atoms. The molecule has 0 saturated heterocycles. The molecule has 0 aromatic heterocycles. The Morgan fingerprint density at radius 2 is 1.90 bits per heavy atom. The first kappa shape index (κ1) is 17.1. The van der Waals surface area contributed by atoms with Gasteiger partial charge < -0.3 is 5.32 Å². The second-order valence-corrected chi connectivity index (χ2v) is 7.22. The molecule has 0 atom stereocenters. The Kier molecular flexibility index (Phi) is 5.29. The summed E-state index contributed by atoms with van der Waals surface area (Å²) in [5, 5.41) is 2.89.